The Bertz CT molecular complexity index is 821. The van der Waals surface area contributed by atoms with E-state index in [0.29, 0.717) is 18.9 Å². The molecule has 0 bridgehead atoms. The van der Waals surface area contributed by atoms with Crippen molar-refractivity contribution in [3.63, 3.8) is 0 Å². The second kappa shape index (κ2) is 12.1. The Balaban J connectivity index is 0.00000392. The first-order chi connectivity index (χ1) is 12.9. The molecule has 1 heterocycles. The number of hydrogen-bond donors (Lipinski definition) is 2. The van der Waals surface area contributed by atoms with Gasteiger partial charge in [0.15, 0.2) is 5.96 Å². The predicted octanol–water partition coefficient (Wildman–Crippen LogP) is 2.43. The van der Waals surface area contributed by atoms with Crippen LogP contribution in [-0.2, 0) is 22.9 Å². The molecule has 28 heavy (non-hydrogen) atoms. The van der Waals surface area contributed by atoms with Crippen LogP contribution in [0.25, 0.3) is 0 Å². The molecule has 9 heteroatoms. The molecule has 1 aromatic heterocycles. The van der Waals surface area contributed by atoms with Crippen LogP contribution in [0.15, 0.2) is 48.0 Å². The SMILES string of the molecule is CCNC(=NCc1ccc(Cn2ccnc2)cc1)NC(C)CCS(C)(=O)=O.I. The van der Waals surface area contributed by atoms with Crippen molar-refractivity contribution >= 4 is 39.8 Å². The molecule has 0 aliphatic rings. The lowest BCUT2D eigenvalue weighted by Gasteiger charge is -2.17. The van der Waals surface area contributed by atoms with E-state index in [1.54, 1.807) is 12.5 Å². The zero-order chi connectivity index (χ0) is 19.7. The van der Waals surface area contributed by atoms with E-state index < -0.39 is 9.84 Å². The second-order valence-corrected chi connectivity index (χ2v) is 8.97. The molecule has 2 rings (SSSR count). The Morgan fingerprint density at radius 3 is 2.50 bits per heavy atom. The van der Waals surface area contributed by atoms with Gasteiger partial charge in [-0.15, -0.1) is 24.0 Å². The maximum atomic E-state index is 11.3. The molecule has 0 saturated carbocycles. The number of sulfone groups is 1. The highest BCUT2D eigenvalue weighted by Crippen LogP contribution is 2.07. The summed E-state index contributed by atoms with van der Waals surface area (Å²) in [6, 6.07) is 8.37. The molecule has 156 valence electrons. The molecule has 2 N–H and O–H groups in total. The van der Waals surface area contributed by atoms with Crippen LogP contribution in [0.3, 0.4) is 0 Å². The number of nitrogens with one attached hydrogen (secondary N) is 2. The first-order valence-electron chi connectivity index (χ1n) is 9.12. The Kier molecular flexibility index (Phi) is 10.5. The third-order valence-electron chi connectivity index (χ3n) is 4.02. The number of aromatic nitrogens is 2. The third-order valence-corrected chi connectivity index (χ3v) is 4.99. The van der Waals surface area contributed by atoms with Gasteiger partial charge in [-0.05, 0) is 31.4 Å². The van der Waals surface area contributed by atoms with Crippen molar-refractivity contribution in [3.8, 4) is 0 Å². The molecule has 0 amide bonds. The molecule has 0 aliphatic carbocycles. The molecule has 0 radical (unpaired) electrons. The molecule has 0 fully saturated rings. The van der Waals surface area contributed by atoms with Gasteiger partial charge in [0.2, 0.25) is 0 Å². The number of nitrogens with zero attached hydrogens (tertiary/aromatic N) is 3. The summed E-state index contributed by atoms with van der Waals surface area (Å²) in [5.74, 6) is 0.861. The fourth-order valence-electron chi connectivity index (χ4n) is 2.53. The summed E-state index contributed by atoms with van der Waals surface area (Å²) in [4.78, 5) is 8.65. The van der Waals surface area contributed by atoms with Crippen LogP contribution in [0.4, 0.5) is 0 Å². The Labute approximate surface area is 185 Å². The summed E-state index contributed by atoms with van der Waals surface area (Å²) in [5.41, 5.74) is 2.32. The summed E-state index contributed by atoms with van der Waals surface area (Å²) in [6.07, 6.45) is 7.33. The van der Waals surface area contributed by atoms with Crippen molar-refractivity contribution in [2.75, 3.05) is 18.6 Å². The number of guanidine groups is 1. The lowest BCUT2D eigenvalue weighted by Crippen LogP contribution is -2.42. The van der Waals surface area contributed by atoms with Crippen molar-refractivity contribution in [2.45, 2.75) is 39.4 Å². The van der Waals surface area contributed by atoms with Gasteiger partial charge < -0.3 is 15.2 Å². The van der Waals surface area contributed by atoms with Crippen LogP contribution < -0.4 is 10.6 Å². The van der Waals surface area contributed by atoms with E-state index >= 15 is 0 Å². The zero-order valence-electron chi connectivity index (χ0n) is 16.6. The molecule has 2 aromatic rings. The van der Waals surface area contributed by atoms with E-state index in [-0.39, 0.29) is 35.8 Å². The van der Waals surface area contributed by atoms with Gasteiger partial charge in [-0.1, -0.05) is 24.3 Å². The summed E-state index contributed by atoms with van der Waals surface area (Å²) >= 11 is 0. The van der Waals surface area contributed by atoms with Crippen LogP contribution >= 0.6 is 24.0 Å². The highest BCUT2D eigenvalue weighted by atomic mass is 127. The topological polar surface area (TPSA) is 88.4 Å². The molecule has 1 unspecified atom stereocenters. The second-order valence-electron chi connectivity index (χ2n) is 6.71. The van der Waals surface area contributed by atoms with E-state index in [4.69, 9.17) is 0 Å². The van der Waals surface area contributed by atoms with E-state index in [1.165, 1.54) is 11.8 Å². The molecule has 0 aliphatic heterocycles. The molecule has 0 spiro atoms. The van der Waals surface area contributed by atoms with Crippen molar-refractivity contribution in [3.05, 3.63) is 54.1 Å². The van der Waals surface area contributed by atoms with Crippen LogP contribution in [0.5, 0.6) is 0 Å². The van der Waals surface area contributed by atoms with Gasteiger partial charge in [0.05, 0.1) is 18.6 Å². The van der Waals surface area contributed by atoms with Crippen LogP contribution in [0.1, 0.15) is 31.4 Å². The first-order valence-corrected chi connectivity index (χ1v) is 11.2. The number of rotatable bonds is 9. The quantitative estimate of drug-likeness (QED) is 0.302. The van der Waals surface area contributed by atoms with Gasteiger partial charge in [0.25, 0.3) is 0 Å². The van der Waals surface area contributed by atoms with Gasteiger partial charge in [0.1, 0.15) is 9.84 Å². The fourth-order valence-corrected chi connectivity index (χ4v) is 3.31. The average Bonchev–Trinajstić information content (AvgIpc) is 3.12. The number of hydrogen-bond acceptors (Lipinski definition) is 4. The van der Waals surface area contributed by atoms with Crippen molar-refractivity contribution in [1.29, 1.82) is 0 Å². The highest BCUT2D eigenvalue weighted by molar-refractivity contribution is 14.0. The molecule has 1 atom stereocenters. The van der Waals surface area contributed by atoms with E-state index in [2.05, 4.69) is 44.9 Å². The van der Waals surface area contributed by atoms with Crippen LogP contribution in [-0.4, -0.2) is 48.5 Å². The monoisotopic (exact) mass is 519 g/mol. The molecular weight excluding hydrogens is 489 g/mol. The van der Waals surface area contributed by atoms with E-state index in [1.807, 2.05) is 24.6 Å². The van der Waals surface area contributed by atoms with Crippen molar-refractivity contribution < 1.29 is 8.42 Å². The Morgan fingerprint density at radius 1 is 1.25 bits per heavy atom. The minimum absolute atomic E-state index is 0. The third kappa shape index (κ3) is 9.54. The molecular formula is C19H30IN5O2S. The predicted molar refractivity (Wildman–Crippen MR) is 125 cm³/mol. The molecule has 1 aromatic carbocycles. The summed E-state index contributed by atoms with van der Waals surface area (Å²) in [6.45, 7) is 6.06. The Morgan fingerprint density at radius 2 is 1.93 bits per heavy atom. The number of benzene rings is 1. The van der Waals surface area contributed by atoms with Gasteiger partial charge in [-0.2, -0.15) is 0 Å². The van der Waals surface area contributed by atoms with Crippen LogP contribution in [0.2, 0.25) is 0 Å². The fraction of sp³-hybridized carbons (Fsp3) is 0.474. The number of aliphatic imine (C=N–C) groups is 1. The van der Waals surface area contributed by atoms with Crippen molar-refractivity contribution in [1.82, 2.24) is 20.2 Å². The Hall–Kier alpha value is -1.62. The lowest BCUT2D eigenvalue weighted by molar-refractivity contribution is 0.581. The lowest BCUT2D eigenvalue weighted by atomic mass is 10.1. The zero-order valence-corrected chi connectivity index (χ0v) is 19.8. The summed E-state index contributed by atoms with van der Waals surface area (Å²) in [5, 5.41) is 6.47. The summed E-state index contributed by atoms with van der Waals surface area (Å²) < 4.78 is 24.6. The molecule has 7 nitrogen and oxygen atoms in total. The minimum atomic E-state index is -2.95. The maximum absolute atomic E-state index is 11.3. The van der Waals surface area contributed by atoms with Crippen molar-refractivity contribution in [2.24, 2.45) is 4.99 Å². The number of imidazole rings is 1. The highest BCUT2D eigenvalue weighted by Gasteiger charge is 2.09. The smallest absolute Gasteiger partial charge is 0.191 e. The summed E-state index contributed by atoms with van der Waals surface area (Å²) in [7, 11) is -2.95. The average molecular weight is 519 g/mol. The first kappa shape index (κ1) is 24.4. The van der Waals surface area contributed by atoms with Gasteiger partial charge >= 0.3 is 0 Å². The van der Waals surface area contributed by atoms with E-state index in [9.17, 15) is 8.42 Å². The largest absolute Gasteiger partial charge is 0.357 e. The normalized spacial score (nSPS) is 12.9. The van der Waals surface area contributed by atoms with Gasteiger partial charge in [-0.25, -0.2) is 18.4 Å². The molecule has 0 saturated heterocycles. The van der Waals surface area contributed by atoms with Crippen LogP contribution in [0, 0.1) is 0 Å². The maximum Gasteiger partial charge on any atom is 0.191 e. The van der Waals surface area contributed by atoms with Gasteiger partial charge in [0, 0.05) is 37.8 Å². The minimum Gasteiger partial charge on any atom is -0.357 e. The van der Waals surface area contributed by atoms with Gasteiger partial charge in [-0.3, -0.25) is 0 Å². The number of halogens is 1. The van der Waals surface area contributed by atoms with E-state index in [0.717, 1.165) is 18.7 Å². The standard InChI is InChI=1S/C19H29N5O2S.HI/c1-4-21-19(23-16(2)9-12-27(3,25)26)22-13-17-5-7-18(8-6-17)14-24-11-10-20-15-24;/h5-8,10-11,15-16H,4,9,12-14H2,1-3H3,(H2,21,22,23);1H.